The number of hydrogen-bond donors (Lipinski definition) is 2. The Morgan fingerprint density at radius 3 is 2.67 bits per heavy atom. The molecular weight excluding hydrogens is 322 g/mol. The van der Waals surface area contributed by atoms with E-state index in [4.69, 9.17) is 4.74 Å². The van der Waals surface area contributed by atoms with Gasteiger partial charge >= 0.3 is 0 Å². The van der Waals surface area contributed by atoms with Crippen molar-refractivity contribution < 1.29 is 4.74 Å². The standard InChI is InChI=1S/C17H25N5OS/c1-12-6-7-13(15(8-12)23-5)9-19-16(18-2)20-10-14-11-24-17(21-14)22(3)4/h6-8,11H,9-10H2,1-5H3,(H2,18,19,20). The summed E-state index contributed by atoms with van der Waals surface area (Å²) in [6, 6.07) is 6.18. The minimum Gasteiger partial charge on any atom is -0.496 e. The van der Waals surface area contributed by atoms with Crippen molar-refractivity contribution in [1.29, 1.82) is 0 Å². The maximum atomic E-state index is 5.43. The Morgan fingerprint density at radius 2 is 2.04 bits per heavy atom. The normalized spacial score (nSPS) is 11.3. The van der Waals surface area contributed by atoms with Gasteiger partial charge in [0.05, 0.1) is 19.3 Å². The number of thiazole rings is 1. The van der Waals surface area contributed by atoms with Crippen LogP contribution in [0.15, 0.2) is 28.6 Å². The quantitative estimate of drug-likeness (QED) is 0.621. The molecule has 1 heterocycles. The first-order valence-corrected chi connectivity index (χ1v) is 8.61. The van der Waals surface area contributed by atoms with Crippen molar-refractivity contribution in [2.24, 2.45) is 4.99 Å². The van der Waals surface area contributed by atoms with Gasteiger partial charge in [0, 0.05) is 38.6 Å². The van der Waals surface area contributed by atoms with Gasteiger partial charge in [0.1, 0.15) is 5.75 Å². The van der Waals surface area contributed by atoms with Gasteiger partial charge in [0.2, 0.25) is 0 Å². The molecule has 0 amide bonds. The summed E-state index contributed by atoms with van der Waals surface area (Å²) in [5, 5.41) is 9.64. The Hall–Kier alpha value is -2.28. The van der Waals surface area contributed by atoms with Crippen LogP contribution < -0.4 is 20.3 Å². The minimum atomic E-state index is 0.634. The van der Waals surface area contributed by atoms with Gasteiger partial charge in [0.15, 0.2) is 11.1 Å². The first-order valence-electron chi connectivity index (χ1n) is 7.73. The Kier molecular flexibility index (Phi) is 6.43. The molecule has 0 saturated carbocycles. The number of aryl methyl sites for hydroxylation is 1. The average molecular weight is 347 g/mol. The fourth-order valence-corrected chi connectivity index (χ4v) is 2.91. The number of rotatable bonds is 6. The van der Waals surface area contributed by atoms with Gasteiger partial charge in [-0.1, -0.05) is 12.1 Å². The summed E-state index contributed by atoms with van der Waals surface area (Å²) in [4.78, 5) is 10.8. The molecule has 0 saturated heterocycles. The van der Waals surface area contributed by atoms with Crippen LogP contribution in [0.1, 0.15) is 16.8 Å². The predicted octanol–water partition coefficient (Wildman–Crippen LogP) is 2.39. The average Bonchev–Trinajstić information content (AvgIpc) is 3.05. The molecule has 0 atom stereocenters. The lowest BCUT2D eigenvalue weighted by atomic mass is 10.1. The van der Waals surface area contributed by atoms with Crippen molar-refractivity contribution >= 4 is 22.4 Å². The predicted molar refractivity (Wildman–Crippen MR) is 101 cm³/mol. The molecule has 0 spiro atoms. The second kappa shape index (κ2) is 8.54. The summed E-state index contributed by atoms with van der Waals surface area (Å²) in [7, 11) is 7.43. The molecule has 0 unspecified atom stereocenters. The molecule has 0 bridgehead atoms. The Bertz CT molecular complexity index is 696. The second-order valence-corrected chi connectivity index (χ2v) is 6.45. The van der Waals surface area contributed by atoms with Gasteiger partial charge in [-0.05, 0) is 18.6 Å². The summed E-state index contributed by atoms with van der Waals surface area (Å²) in [5.74, 6) is 1.62. The summed E-state index contributed by atoms with van der Waals surface area (Å²) in [6.45, 7) is 3.33. The monoisotopic (exact) mass is 347 g/mol. The smallest absolute Gasteiger partial charge is 0.191 e. The van der Waals surface area contributed by atoms with E-state index in [0.29, 0.717) is 13.1 Å². The number of hydrogen-bond acceptors (Lipinski definition) is 5. The van der Waals surface area contributed by atoms with Crippen molar-refractivity contribution in [3.63, 3.8) is 0 Å². The van der Waals surface area contributed by atoms with Crippen LogP contribution in [0.2, 0.25) is 0 Å². The highest BCUT2D eigenvalue weighted by atomic mass is 32.1. The third-order valence-corrected chi connectivity index (χ3v) is 4.53. The fourth-order valence-electron chi connectivity index (χ4n) is 2.15. The van der Waals surface area contributed by atoms with E-state index in [2.05, 4.69) is 45.0 Å². The van der Waals surface area contributed by atoms with Gasteiger partial charge in [-0.15, -0.1) is 11.3 Å². The molecule has 0 aliphatic carbocycles. The van der Waals surface area contributed by atoms with Crippen LogP contribution in [-0.4, -0.2) is 39.2 Å². The van der Waals surface area contributed by atoms with Crippen LogP contribution in [0.25, 0.3) is 0 Å². The van der Waals surface area contributed by atoms with Gasteiger partial charge in [-0.3, -0.25) is 4.99 Å². The number of anilines is 1. The zero-order chi connectivity index (χ0) is 17.5. The van der Waals surface area contributed by atoms with Gasteiger partial charge in [-0.25, -0.2) is 4.98 Å². The molecule has 0 aliphatic heterocycles. The highest BCUT2D eigenvalue weighted by molar-refractivity contribution is 7.13. The van der Waals surface area contributed by atoms with Crippen LogP contribution in [-0.2, 0) is 13.1 Å². The first-order chi connectivity index (χ1) is 11.5. The lowest BCUT2D eigenvalue weighted by Crippen LogP contribution is -2.36. The number of ether oxygens (including phenoxy) is 1. The van der Waals surface area contributed by atoms with Crippen LogP contribution in [0.4, 0.5) is 5.13 Å². The number of guanidine groups is 1. The molecule has 1 aromatic heterocycles. The summed E-state index contributed by atoms with van der Waals surface area (Å²) >= 11 is 1.63. The summed E-state index contributed by atoms with van der Waals surface area (Å²) in [6.07, 6.45) is 0. The highest BCUT2D eigenvalue weighted by Gasteiger charge is 2.07. The van der Waals surface area contributed by atoms with E-state index in [-0.39, 0.29) is 0 Å². The number of aromatic nitrogens is 1. The minimum absolute atomic E-state index is 0.634. The molecule has 1 aromatic carbocycles. The lowest BCUT2D eigenvalue weighted by molar-refractivity contribution is 0.408. The lowest BCUT2D eigenvalue weighted by Gasteiger charge is -2.13. The maximum Gasteiger partial charge on any atom is 0.191 e. The Labute approximate surface area is 147 Å². The molecule has 130 valence electrons. The number of benzene rings is 1. The van der Waals surface area contributed by atoms with Gasteiger partial charge < -0.3 is 20.3 Å². The van der Waals surface area contributed by atoms with Crippen molar-refractivity contribution in [3.05, 3.63) is 40.4 Å². The topological polar surface area (TPSA) is 61.8 Å². The van der Waals surface area contributed by atoms with E-state index in [0.717, 1.165) is 28.1 Å². The van der Waals surface area contributed by atoms with E-state index in [9.17, 15) is 0 Å². The van der Waals surface area contributed by atoms with Crippen LogP contribution >= 0.6 is 11.3 Å². The van der Waals surface area contributed by atoms with Crippen molar-refractivity contribution in [2.75, 3.05) is 33.2 Å². The van der Waals surface area contributed by atoms with Crippen molar-refractivity contribution in [3.8, 4) is 5.75 Å². The van der Waals surface area contributed by atoms with Crippen LogP contribution in [0, 0.1) is 6.92 Å². The molecule has 0 aliphatic rings. The highest BCUT2D eigenvalue weighted by Crippen LogP contribution is 2.20. The van der Waals surface area contributed by atoms with Crippen molar-refractivity contribution in [2.45, 2.75) is 20.0 Å². The van der Waals surface area contributed by atoms with Crippen LogP contribution in [0.5, 0.6) is 5.75 Å². The maximum absolute atomic E-state index is 5.43. The SMILES string of the molecule is CN=C(NCc1csc(N(C)C)n1)NCc1ccc(C)cc1OC. The van der Waals surface area contributed by atoms with Gasteiger partial charge in [0.25, 0.3) is 0 Å². The molecule has 2 rings (SSSR count). The third kappa shape index (κ3) is 4.86. The number of nitrogens with one attached hydrogen (secondary N) is 2. The molecule has 2 aromatic rings. The van der Waals surface area contributed by atoms with E-state index < -0.39 is 0 Å². The Morgan fingerprint density at radius 1 is 1.29 bits per heavy atom. The number of nitrogens with zero attached hydrogens (tertiary/aromatic N) is 3. The van der Waals surface area contributed by atoms with E-state index >= 15 is 0 Å². The molecule has 24 heavy (non-hydrogen) atoms. The molecular formula is C17H25N5OS. The number of methoxy groups -OCH3 is 1. The first kappa shape index (κ1) is 18.1. The molecule has 0 fully saturated rings. The van der Waals surface area contributed by atoms with Crippen LogP contribution in [0.3, 0.4) is 0 Å². The fraction of sp³-hybridized carbons (Fsp3) is 0.412. The molecule has 2 N–H and O–H groups in total. The second-order valence-electron chi connectivity index (χ2n) is 5.61. The van der Waals surface area contributed by atoms with E-state index in [1.165, 1.54) is 5.56 Å². The molecule has 6 nitrogen and oxygen atoms in total. The largest absolute Gasteiger partial charge is 0.496 e. The molecule has 0 radical (unpaired) electrons. The van der Waals surface area contributed by atoms with E-state index in [1.54, 1.807) is 25.5 Å². The third-order valence-electron chi connectivity index (χ3n) is 3.47. The van der Waals surface area contributed by atoms with E-state index in [1.807, 2.05) is 25.1 Å². The van der Waals surface area contributed by atoms with Crippen molar-refractivity contribution in [1.82, 2.24) is 15.6 Å². The zero-order valence-electron chi connectivity index (χ0n) is 14.9. The zero-order valence-corrected chi connectivity index (χ0v) is 15.7. The summed E-state index contributed by atoms with van der Waals surface area (Å²) in [5.41, 5.74) is 3.27. The summed E-state index contributed by atoms with van der Waals surface area (Å²) < 4.78 is 5.43. The van der Waals surface area contributed by atoms with Gasteiger partial charge in [-0.2, -0.15) is 0 Å². The number of aliphatic imine (C=N–C) groups is 1. The Balaban J connectivity index is 1.90. The molecule has 7 heteroatoms.